The number of carbonyl (C=O) groups is 1. The van der Waals surface area contributed by atoms with Gasteiger partial charge in [0, 0.05) is 25.3 Å². The Morgan fingerprint density at radius 3 is 1.91 bits per heavy atom. The van der Waals surface area contributed by atoms with E-state index in [9.17, 15) is 35.4 Å². The summed E-state index contributed by atoms with van der Waals surface area (Å²) >= 11 is 0. The van der Waals surface area contributed by atoms with Crippen LogP contribution < -0.4 is 0 Å². The number of fused-ring (bicyclic) bond motifs is 2. The number of aliphatic hydroxyl groups is 6. The maximum absolute atomic E-state index is 12.5. The molecule has 11 atom stereocenters. The molecule has 2 fully saturated rings. The van der Waals surface area contributed by atoms with E-state index in [1.807, 2.05) is 31.2 Å². The van der Waals surface area contributed by atoms with E-state index in [1.165, 1.54) is 6.08 Å². The summed E-state index contributed by atoms with van der Waals surface area (Å²) in [6.07, 6.45) is 14.8. The average molecular weight is 649 g/mol. The molecule has 10 nitrogen and oxygen atoms in total. The Kier molecular flexibility index (Phi) is 16.3. The molecule has 0 amide bonds. The van der Waals surface area contributed by atoms with Crippen LogP contribution in [0.25, 0.3) is 0 Å². The van der Waals surface area contributed by atoms with Crippen LogP contribution in [0.2, 0.25) is 0 Å². The normalized spacial score (nSPS) is 41.9. The molecule has 10 heteroatoms. The molecule has 2 saturated heterocycles. The van der Waals surface area contributed by atoms with Gasteiger partial charge in [-0.3, -0.25) is 0 Å². The highest BCUT2D eigenvalue weighted by atomic mass is 16.7. The third kappa shape index (κ3) is 13.9. The lowest BCUT2D eigenvalue weighted by Crippen LogP contribution is -2.55. The lowest BCUT2D eigenvalue weighted by molar-refractivity contribution is -0.340. The summed E-state index contributed by atoms with van der Waals surface area (Å²) in [6.45, 7) is 4.07. The minimum Gasteiger partial charge on any atom is -0.455 e. The highest BCUT2D eigenvalue weighted by Gasteiger charge is 2.48. The summed E-state index contributed by atoms with van der Waals surface area (Å²) in [5.74, 6) is -1.56. The zero-order chi connectivity index (χ0) is 33.5. The van der Waals surface area contributed by atoms with E-state index in [2.05, 4.69) is 6.92 Å². The number of rotatable bonds is 3. The number of carbonyl (C=O) groups excluding carboxylic acids is 1. The number of allylic oxidation sites excluding steroid dienone is 6. The fourth-order valence-electron chi connectivity index (χ4n) is 6.63. The first-order chi connectivity index (χ1) is 22.0. The minimum atomic E-state index is -1.17. The summed E-state index contributed by atoms with van der Waals surface area (Å²) in [5.41, 5.74) is 0. The van der Waals surface area contributed by atoms with Crippen molar-refractivity contribution in [2.75, 3.05) is 0 Å². The number of cyclic esters (lactones) is 1. The molecule has 3 aliphatic heterocycles. The predicted octanol–water partition coefficient (Wildman–Crippen LogP) is 3.69. The molecule has 46 heavy (non-hydrogen) atoms. The van der Waals surface area contributed by atoms with Gasteiger partial charge in [0.05, 0.1) is 48.8 Å². The molecule has 260 valence electrons. The van der Waals surface area contributed by atoms with Crippen molar-refractivity contribution in [1.82, 2.24) is 0 Å². The van der Waals surface area contributed by atoms with Crippen molar-refractivity contribution >= 4 is 5.97 Å². The molecule has 0 aromatic rings. The van der Waals surface area contributed by atoms with Gasteiger partial charge in [0.2, 0.25) is 0 Å². The van der Waals surface area contributed by atoms with Gasteiger partial charge in [0.25, 0.3) is 0 Å². The lowest BCUT2D eigenvalue weighted by atomic mass is 9.87. The van der Waals surface area contributed by atoms with Crippen molar-refractivity contribution in [1.29, 1.82) is 0 Å². The monoisotopic (exact) mass is 648 g/mol. The molecule has 3 bridgehead atoms. The molecule has 0 aromatic heterocycles. The molecule has 0 aliphatic carbocycles. The fraction of sp³-hybridized carbons (Fsp3) is 0.694. The minimum absolute atomic E-state index is 0.00751. The second kappa shape index (κ2) is 19.6. The Balaban J connectivity index is 1.73. The number of hydrogen-bond donors (Lipinski definition) is 6. The topological polar surface area (TPSA) is 166 Å². The van der Waals surface area contributed by atoms with Crippen LogP contribution in [0.1, 0.15) is 90.9 Å². The van der Waals surface area contributed by atoms with Crippen molar-refractivity contribution in [3.8, 4) is 0 Å². The van der Waals surface area contributed by atoms with Gasteiger partial charge in [-0.2, -0.15) is 0 Å². The van der Waals surface area contributed by atoms with Crippen molar-refractivity contribution in [2.45, 2.75) is 152 Å². The Labute approximate surface area is 273 Å². The molecule has 1 spiro atoms. The van der Waals surface area contributed by atoms with Crippen molar-refractivity contribution in [3.05, 3.63) is 60.8 Å². The van der Waals surface area contributed by atoms with Gasteiger partial charge < -0.3 is 44.8 Å². The average Bonchev–Trinajstić information content (AvgIpc) is 2.94. The van der Waals surface area contributed by atoms with Crippen LogP contribution in [0.4, 0.5) is 0 Å². The third-order valence-electron chi connectivity index (χ3n) is 8.71. The standard InChI is InChI=1S/C36H56O10/c1-3-12-25(2)34-15-11-13-26(37)17-27(38)18-28(39)19-29(40)20-33-22-31(42)24-36(46-33)23-30(41)21-32(45-36)14-9-7-5-4-6-8-10-16-35(43)44-34/h4-11,15-16,25-34,37-42H,3,12-14,17-24H2,1-2H3/b5-4+,8-6-,9-7+,15-11+,16-10+. The van der Waals surface area contributed by atoms with Gasteiger partial charge in [0.1, 0.15) is 6.10 Å². The van der Waals surface area contributed by atoms with E-state index in [0.29, 0.717) is 19.3 Å². The Bertz CT molecular complexity index is 1050. The van der Waals surface area contributed by atoms with Gasteiger partial charge in [-0.25, -0.2) is 4.79 Å². The largest absolute Gasteiger partial charge is 0.455 e. The van der Waals surface area contributed by atoms with Crippen molar-refractivity contribution in [3.63, 3.8) is 0 Å². The Hall–Kier alpha value is -2.15. The number of aliphatic hydroxyl groups excluding tert-OH is 6. The maximum atomic E-state index is 12.5. The van der Waals surface area contributed by atoms with E-state index in [-0.39, 0.29) is 57.0 Å². The first kappa shape index (κ1) is 38.3. The zero-order valence-electron chi connectivity index (χ0n) is 27.3. The quantitative estimate of drug-likeness (QED) is 0.196. The predicted molar refractivity (Wildman–Crippen MR) is 174 cm³/mol. The lowest BCUT2D eigenvalue weighted by Gasteiger charge is -2.48. The summed E-state index contributed by atoms with van der Waals surface area (Å²) in [4.78, 5) is 12.5. The molecule has 0 radical (unpaired) electrons. The zero-order valence-corrected chi connectivity index (χ0v) is 27.3. The molecular formula is C36H56O10. The summed E-state index contributed by atoms with van der Waals surface area (Å²) in [5, 5.41) is 63.7. The first-order valence-electron chi connectivity index (χ1n) is 16.9. The van der Waals surface area contributed by atoms with E-state index >= 15 is 0 Å². The van der Waals surface area contributed by atoms with Gasteiger partial charge in [-0.05, 0) is 63.4 Å². The van der Waals surface area contributed by atoms with E-state index < -0.39 is 60.6 Å². The van der Waals surface area contributed by atoms with Crippen LogP contribution >= 0.6 is 0 Å². The van der Waals surface area contributed by atoms with E-state index in [1.54, 1.807) is 30.4 Å². The molecule has 0 saturated carbocycles. The van der Waals surface area contributed by atoms with Gasteiger partial charge >= 0.3 is 5.97 Å². The van der Waals surface area contributed by atoms with Crippen LogP contribution in [0, 0.1) is 5.92 Å². The fourth-order valence-corrected chi connectivity index (χ4v) is 6.63. The van der Waals surface area contributed by atoms with E-state index in [0.717, 1.165) is 12.8 Å². The molecular weight excluding hydrogens is 592 g/mol. The number of ether oxygens (including phenoxy) is 3. The molecule has 6 N–H and O–H groups in total. The second-order valence-corrected chi connectivity index (χ2v) is 13.3. The number of hydrogen-bond acceptors (Lipinski definition) is 10. The Morgan fingerprint density at radius 1 is 0.696 bits per heavy atom. The van der Waals surface area contributed by atoms with Crippen LogP contribution in [-0.2, 0) is 19.0 Å². The smallest absolute Gasteiger partial charge is 0.331 e. The molecule has 3 rings (SSSR count). The van der Waals surface area contributed by atoms with Crippen molar-refractivity contribution < 1.29 is 49.6 Å². The van der Waals surface area contributed by atoms with Gasteiger partial charge in [-0.15, -0.1) is 0 Å². The maximum Gasteiger partial charge on any atom is 0.331 e. The summed E-state index contributed by atoms with van der Waals surface area (Å²) in [7, 11) is 0. The van der Waals surface area contributed by atoms with Gasteiger partial charge in [-0.1, -0.05) is 68.9 Å². The summed E-state index contributed by atoms with van der Waals surface area (Å²) in [6, 6.07) is 0. The highest BCUT2D eigenvalue weighted by molar-refractivity contribution is 5.82. The van der Waals surface area contributed by atoms with Gasteiger partial charge in [0.15, 0.2) is 5.79 Å². The molecule has 3 aliphatic rings. The van der Waals surface area contributed by atoms with Crippen LogP contribution in [0.3, 0.4) is 0 Å². The van der Waals surface area contributed by atoms with Crippen LogP contribution in [-0.4, -0.2) is 97.3 Å². The van der Waals surface area contributed by atoms with Crippen molar-refractivity contribution in [2.24, 2.45) is 5.92 Å². The van der Waals surface area contributed by atoms with E-state index in [4.69, 9.17) is 14.2 Å². The first-order valence-corrected chi connectivity index (χ1v) is 16.9. The van der Waals surface area contributed by atoms with Crippen LogP contribution in [0.15, 0.2) is 60.8 Å². The second-order valence-electron chi connectivity index (χ2n) is 13.3. The molecule has 11 unspecified atom stereocenters. The Morgan fingerprint density at radius 2 is 1.24 bits per heavy atom. The highest BCUT2D eigenvalue weighted by Crippen LogP contribution is 2.41. The third-order valence-corrected chi connectivity index (χ3v) is 8.71. The van der Waals surface area contributed by atoms with Crippen LogP contribution in [0.5, 0.6) is 0 Å². The SMILES string of the molecule is CCCC(C)C1/C=C/CC(O)CC(O)CC(O)CC(O)CC2CC(O)CC3(CC(O)CC(C/C=C/C=C/C=C\C=C\C(=O)O1)O3)O2. The summed E-state index contributed by atoms with van der Waals surface area (Å²) < 4.78 is 18.3. The number of esters is 1. The molecule has 3 heterocycles. The molecule has 0 aromatic carbocycles.